The molecule has 244 valence electrons. The van der Waals surface area contributed by atoms with Gasteiger partial charge in [-0.3, -0.25) is 4.79 Å². The summed E-state index contributed by atoms with van der Waals surface area (Å²) in [4.78, 5) is 14.1. The van der Waals surface area contributed by atoms with E-state index >= 15 is 0 Å². The number of anilines is 1. The number of aryl methyl sites for hydroxylation is 1. The topological polar surface area (TPSA) is 109 Å². The SMILES string of the molecule is CC1(C(=O)Nc2c3c(cc4c2C[C@H](F)C4)CCC3)Cn2ncc(S(=N)(=O)NC(c3ccccc3)(c3ccccc3)c3ccccc3)c2O1. The summed E-state index contributed by atoms with van der Waals surface area (Å²) >= 11 is 0. The van der Waals surface area contributed by atoms with Gasteiger partial charge < -0.3 is 10.1 Å². The number of hydrogen-bond acceptors (Lipinski definition) is 5. The molecule has 1 amide bonds. The highest BCUT2D eigenvalue weighted by atomic mass is 32.2. The van der Waals surface area contributed by atoms with Gasteiger partial charge in [0.2, 0.25) is 11.5 Å². The quantitative estimate of drug-likeness (QED) is 0.165. The van der Waals surface area contributed by atoms with E-state index in [1.54, 1.807) is 6.92 Å². The van der Waals surface area contributed by atoms with Gasteiger partial charge in [0, 0.05) is 18.5 Å². The van der Waals surface area contributed by atoms with Crippen molar-refractivity contribution < 1.29 is 18.1 Å². The number of amides is 1. The van der Waals surface area contributed by atoms with E-state index in [0.717, 1.165) is 52.6 Å². The third kappa shape index (κ3) is 4.93. The van der Waals surface area contributed by atoms with Crippen LogP contribution in [0.15, 0.2) is 108 Å². The number of benzene rings is 4. The molecule has 3 aliphatic rings. The van der Waals surface area contributed by atoms with Crippen molar-refractivity contribution in [3.8, 4) is 5.88 Å². The summed E-state index contributed by atoms with van der Waals surface area (Å²) in [6.45, 7) is 1.73. The number of nitrogens with zero attached hydrogens (tertiary/aromatic N) is 2. The van der Waals surface area contributed by atoms with Gasteiger partial charge in [0.25, 0.3) is 5.91 Å². The Labute approximate surface area is 279 Å². The smallest absolute Gasteiger partial charge is 0.270 e. The van der Waals surface area contributed by atoms with E-state index in [1.165, 1.54) is 16.4 Å². The molecule has 48 heavy (non-hydrogen) atoms. The molecular weight excluding hydrogens is 626 g/mol. The van der Waals surface area contributed by atoms with Crippen molar-refractivity contribution in [3.05, 3.63) is 142 Å². The average molecular weight is 662 g/mol. The van der Waals surface area contributed by atoms with E-state index in [0.29, 0.717) is 12.1 Å². The molecule has 2 heterocycles. The summed E-state index contributed by atoms with van der Waals surface area (Å²) in [5.74, 6) is -0.282. The second kappa shape index (κ2) is 11.4. The highest BCUT2D eigenvalue weighted by Crippen LogP contribution is 2.43. The maximum Gasteiger partial charge on any atom is 0.270 e. The molecule has 2 aliphatic carbocycles. The Morgan fingerprint density at radius 1 is 0.938 bits per heavy atom. The first-order chi connectivity index (χ1) is 23.2. The summed E-state index contributed by atoms with van der Waals surface area (Å²) in [6, 6.07) is 31.1. The van der Waals surface area contributed by atoms with Gasteiger partial charge in [-0.1, -0.05) is 97.1 Å². The summed E-state index contributed by atoms with van der Waals surface area (Å²) in [6.07, 6.45) is 3.80. The van der Waals surface area contributed by atoms with Gasteiger partial charge in [0.1, 0.15) is 26.5 Å². The minimum absolute atomic E-state index is 0.0490. The van der Waals surface area contributed by atoms with Crippen LogP contribution in [0.25, 0.3) is 0 Å². The molecule has 2 unspecified atom stereocenters. The van der Waals surface area contributed by atoms with Gasteiger partial charge in [-0.15, -0.1) is 0 Å². The summed E-state index contributed by atoms with van der Waals surface area (Å²) in [7, 11) is -3.83. The number of hydrogen-bond donors (Lipinski definition) is 3. The number of nitrogens with one attached hydrogen (secondary N) is 3. The number of alkyl halides is 1. The number of rotatable bonds is 8. The molecule has 8 rings (SSSR count). The molecule has 0 radical (unpaired) electrons. The fourth-order valence-corrected chi connectivity index (χ4v) is 9.11. The summed E-state index contributed by atoms with van der Waals surface area (Å²) < 4.78 is 49.8. The van der Waals surface area contributed by atoms with Crippen LogP contribution in [-0.2, 0) is 52.5 Å². The first-order valence-corrected chi connectivity index (χ1v) is 17.8. The van der Waals surface area contributed by atoms with Gasteiger partial charge in [0.15, 0.2) is 0 Å². The fourth-order valence-electron chi connectivity index (χ4n) is 7.63. The molecule has 4 aromatic carbocycles. The largest absolute Gasteiger partial charge is 0.458 e. The molecule has 3 N–H and O–H groups in total. The average Bonchev–Trinajstić information content (AvgIpc) is 3.88. The fraction of sp³-hybridized carbons (Fsp3) is 0.263. The van der Waals surface area contributed by atoms with Gasteiger partial charge in [-0.05, 0) is 65.1 Å². The Bertz CT molecular complexity index is 2040. The number of carbonyl (C=O) groups excluding carboxylic acids is 1. The number of halogens is 1. The molecule has 8 nitrogen and oxygen atoms in total. The van der Waals surface area contributed by atoms with Gasteiger partial charge in [0.05, 0.1) is 12.7 Å². The van der Waals surface area contributed by atoms with E-state index in [2.05, 4.69) is 21.2 Å². The second-order valence-corrected chi connectivity index (χ2v) is 14.9. The van der Waals surface area contributed by atoms with Crippen LogP contribution in [0.4, 0.5) is 10.1 Å². The lowest BCUT2D eigenvalue weighted by atomic mass is 9.78. The second-order valence-electron chi connectivity index (χ2n) is 13.2. The Kier molecular flexibility index (Phi) is 7.26. The zero-order valence-electron chi connectivity index (χ0n) is 26.5. The predicted molar refractivity (Wildman–Crippen MR) is 182 cm³/mol. The van der Waals surface area contributed by atoms with Gasteiger partial charge >= 0.3 is 0 Å². The minimum atomic E-state index is -3.83. The van der Waals surface area contributed by atoms with Crippen LogP contribution in [-0.4, -0.2) is 31.7 Å². The molecule has 3 atom stereocenters. The van der Waals surface area contributed by atoms with Gasteiger partial charge in [-0.2, -0.15) is 5.10 Å². The van der Waals surface area contributed by atoms with Crippen LogP contribution < -0.4 is 14.8 Å². The molecule has 0 bridgehead atoms. The first-order valence-electron chi connectivity index (χ1n) is 16.3. The Morgan fingerprint density at radius 3 is 2.15 bits per heavy atom. The Hall–Kier alpha value is -4.80. The number of ether oxygens (including phenoxy) is 1. The molecular formula is C38H36FN5O3S. The molecule has 1 aromatic heterocycles. The maximum absolute atomic E-state index is 14.8. The van der Waals surface area contributed by atoms with Crippen LogP contribution in [0.3, 0.4) is 0 Å². The summed E-state index contributed by atoms with van der Waals surface area (Å²) in [5, 5.41) is 7.57. The lowest BCUT2D eigenvalue weighted by Crippen LogP contribution is -2.47. The predicted octanol–water partition coefficient (Wildman–Crippen LogP) is 6.50. The molecule has 1 aliphatic heterocycles. The van der Waals surface area contributed by atoms with Crippen molar-refractivity contribution in [1.82, 2.24) is 14.5 Å². The molecule has 5 aromatic rings. The van der Waals surface area contributed by atoms with Crippen molar-refractivity contribution >= 4 is 21.5 Å². The van der Waals surface area contributed by atoms with Crippen LogP contribution in [0, 0.1) is 4.78 Å². The van der Waals surface area contributed by atoms with Crippen LogP contribution in [0.1, 0.15) is 52.3 Å². The van der Waals surface area contributed by atoms with Crippen LogP contribution in [0.2, 0.25) is 0 Å². The summed E-state index contributed by atoms with van der Waals surface area (Å²) in [5.41, 5.74) is 4.62. The van der Waals surface area contributed by atoms with Crippen molar-refractivity contribution in [2.45, 2.75) is 67.8 Å². The van der Waals surface area contributed by atoms with Crippen molar-refractivity contribution in [1.29, 1.82) is 4.78 Å². The van der Waals surface area contributed by atoms with E-state index < -0.39 is 27.2 Å². The lowest BCUT2D eigenvalue weighted by Gasteiger charge is -2.37. The molecule has 0 saturated carbocycles. The van der Waals surface area contributed by atoms with E-state index in [1.807, 2.05) is 91.0 Å². The zero-order chi connectivity index (χ0) is 33.1. The van der Waals surface area contributed by atoms with Crippen LogP contribution in [0.5, 0.6) is 5.88 Å². The maximum atomic E-state index is 14.8. The Morgan fingerprint density at radius 2 is 1.54 bits per heavy atom. The monoisotopic (exact) mass is 661 g/mol. The van der Waals surface area contributed by atoms with Crippen molar-refractivity contribution in [3.63, 3.8) is 0 Å². The molecule has 0 spiro atoms. The number of aromatic nitrogens is 2. The van der Waals surface area contributed by atoms with E-state index in [-0.39, 0.29) is 29.6 Å². The first kappa shape index (κ1) is 30.5. The normalized spacial score (nSPS) is 20.8. The zero-order valence-corrected chi connectivity index (χ0v) is 27.4. The minimum Gasteiger partial charge on any atom is -0.458 e. The van der Waals surface area contributed by atoms with E-state index in [9.17, 15) is 18.2 Å². The van der Waals surface area contributed by atoms with Crippen molar-refractivity contribution in [2.24, 2.45) is 0 Å². The highest BCUT2D eigenvalue weighted by Gasteiger charge is 2.47. The third-order valence-corrected chi connectivity index (χ3v) is 11.4. The standard InChI is InChI=1S/C38H36FN5O3S/c1-37(36(45)42-34-31-19-11-12-25(31)20-26-21-30(39)22-32(26)34)24-44-35(47-37)33(23-41-44)48(40,46)43-38(27-13-5-2-6-14-27,28-15-7-3-8-16-28)29-17-9-4-10-18-29/h2-10,13-18,20,23,30H,11-12,19,21-22,24H2,1H3,(H,42,45)(H2,40,43,46)/t30-,37?,48?/m1/s1. The van der Waals surface area contributed by atoms with Gasteiger partial charge in [-0.25, -0.2) is 22.8 Å². The highest BCUT2D eigenvalue weighted by molar-refractivity contribution is 7.90. The number of carbonyl (C=O) groups is 1. The van der Waals surface area contributed by atoms with Crippen LogP contribution >= 0.6 is 0 Å². The molecule has 0 saturated heterocycles. The Balaban J connectivity index is 1.15. The molecule has 0 fully saturated rings. The number of fused-ring (bicyclic) bond motifs is 3. The lowest BCUT2D eigenvalue weighted by molar-refractivity contribution is -0.129. The van der Waals surface area contributed by atoms with E-state index in [4.69, 9.17) is 4.74 Å². The molecule has 10 heteroatoms. The third-order valence-electron chi connectivity index (χ3n) is 9.95. The van der Waals surface area contributed by atoms with Crippen molar-refractivity contribution in [2.75, 3.05) is 5.32 Å².